The van der Waals surface area contributed by atoms with Crippen LogP contribution in [0.1, 0.15) is 18.1 Å². The Morgan fingerprint density at radius 3 is 2.52 bits per heavy atom. The molecule has 0 saturated carbocycles. The Morgan fingerprint density at radius 2 is 1.87 bits per heavy atom. The zero-order valence-electron chi connectivity index (χ0n) is 14.2. The first kappa shape index (κ1) is 20.2. The maximum absolute atomic E-state index is 5.36. The minimum Gasteiger partial charge on any atom is -0.379 e. The average molecular weight is 432 g/mol. The van der Waals surface area contributed by atoms with E-state index in [1.165, 1.54) is 11.1 Å². The van der Waals surface area contributed by atoms with Crippen LogP contribution < -0.4 is 10.6 Å². The van der Waals surface area contributed by atoms with Crippen LogP contribution in [-0.4, -0.2) is 56.8 Å². The zero-order valence-corrected chi connectivity index (χ0v) is 16.5. The summed E-state index contributed by atoms with van der Waals surface area (Å²) in [7, 11) is 0. The van der Waals surface area contributed by atoms with Crippen molar-refractivity contribution >= 4 is 29.9 Å². The van der Waals surface area contributed by atoms with Gasteiger partial charge in [0.25, 0.3) is 0 Å². The van der Waals surface area contributed by atoms with Crippen molar-refractivity contribution in [2.75, 3.05) is 45.9 Å². The van der Waals surface area contributed by atoms with E-state index in [1.54, 1.807) is 0 Å². The van der Waals surface area contributed by atoms with E-state index in [0.29, 0.717) is 6.54 Å². The predicted molar refractivity (Wildman–Crippen MR) is 107 cm³/mol. The van der Waals surface area contributed by atoms with Crippen LogP contribution in [0.2, 0.25) is 0 Å². The summed E-state index contributed by atoms with van der Waals surface area (Å²) in [6, 6.07) is 8.53. The first-order valence-corrected chi connectivity index (χ1v) is 8.16. The molecule has 2 rings (SSSR count). The maximum atomic E-state index is 5.36. The Morgan fingerprint density at radius 1 is 1.17 bits per heavy atom. The molecule has 0 atom stereocenters. The topological polar surface area (TPSA) is 48.9 Å². The molecule has 1 saturated heterocycles. The third-order valence-corrected chi connectivity index (χ3v) is 3.71. The molecule has 1 aliphatic rings. The van der Waals surface area contributed by atoms with E-state index in [2.05, 4.69) is 58.6 Å². The number of morpholine rings is 1. The average Bonchev–Trinajstić information content (AvgIpc) is 2.55. The second kappa shape index (κ2) is 11.6. The first-order valence-electron chi connectivity index (χ1n) is 8.16. The molecule has 5 nitrogen and oxygen atoms in total. The highest BCUT2D eigenvalue weighted by Gasteiger charge is 2.09. The van der Waals surface area contributed by atoms with Crippen LogP contribution in [0.15, 0.2) is 29.3 Å². The third kappa shape index (κ3) is 7.99. The molecular weight excluding hydrogens is 403 g/mol. The fraction of sp³-hybridized carbons (Fsp3) is 0.588. The van der Waals surface area contributed by atoms with E-state index in [1.807, 2.05) is 0 Å². The van der Waals surface area contributed by atoms with Crippen LogP contribution in [0.3, 0.4) is 0 Å². The molecule has 1 heterocycles. The highest BCUT2D eigenvalue weighted by molar-refractivity contribution is 14.0. The summed E-state index contributed by atoms with van der Waals surface area (Å²) in [5, 5.41) is 6.70. The largest absolute Gasteiger partial charge is 0.379 e. The van der Waals surface area contributed by atoms with Gasteiger partial charge in [0.15, 0.2) is 5.96 Å². The number of aliphatic imine (C=N–C) groups is 1. The molecule has 1 aliphatic heterocycles. The molecule has 0 aromatic heterocycles. The lowest BCUT2D eigenvalue weighted by Crippen LogP contribution is -2.44. The molecule has 0 unspecified atom stereocenters. The second-order valence-corrected chi connectivity index (χ2v) is 5.56. The van der Waals surface area contributed by atoms with Gasteiger partial charge in [-0.05, 0) is 19.4 Å². The number of aryl methyl sites for hydroxylation is 1. The van der Waals surface area contributed by atoms with Crippen LogP contribution >= 0.6 is 24.0 Å². The van der Waals surface area contributed by atoms with Crippen LogP contribution in [0.5, 0.6) is 0 Å². The molecule has 1 fully saturated rings. The molecule has 130 valence electrons. The van der Waals surface area contributed by atoms with Crippen molar-refractivity contribution in [1.29, 1.82) is 0 Å². The van der Waals surface area contributed by atoms with Crippen LogP contribution in [0, 0.1) is 6.92 Å². The number of nitrogens with one attached hydrogen (secondary N) is 2. The van der Waals surface area contributed by atoms with E-state index in [9.17, 15) is 0 Å². The van der Waals surface area contributed by atoms with Gasteiger partial charge in [0.1, 0.15) is 0 Å². The molecular formula is C17H29IN4O. The van der Waals surface area contributed by atoms with Gasteiger partial charge in [0.2, 0.25) is 0 Å². The Hall–Kier alpha value is -0.860. The molecule has 0 amide bonds. The van der Waals surface area contributed by atoms with Gasteiger partial charge in [-0.25, -0.2) is 4.99 Å². The predicted octanol–water partition coefficient (Wildman–Crippen LogP) is 2.00. The Balaban J connectivity index is 0.00000264. The van der Waals surface area contributed by atoms with Crippen molar-refractivity contribution in [2.45, 2.75) is 20.4 Å². The van der Waals surface area contributed by atoms with Crippen molar-refractivity contribution in [1.82, 2.24) is 15.5 Å². The number of benzene rings is 1. The standard InChI is InChI=1S/C17H28N4O.HI/c1-3-18-17(19-8-9-21-10-12-22-13-11-21)20-14-16-6-4-15(2)5-7-16;/h4-7H,3,8-14H2,1-2H3,(H2,18,19,20);1H. The Bertz CT molecular complexity index is 458. The van der Waals surface area contributed by atoms with Gasteiger partial charge in [-0.15, -0.1) is 24.0 Å². The van der Waals surface area contributed by atoms with Crippen LogP contribution in [-0.2, 0) is 11.3 Å². The molecule has 0 spiro atoms. The highest BCUT2D eigenvalue weighted by Crippen LogP contribution is 2.04. The lowest BCUT2D eigenvalue weighted by molar-refractivity contribution is 0.0389. The van der Waals surface area contributed by atoms with Gasteiger partial charge in [-0.1, -0.05) is 29.8 Å². The summed E-state index contributed by atoms with van der Waals surface area (Å²) in [6.07, 6.45) is 0. The van der Waals surface area contributed by atoms with E-state index >= 15 is 0 Å². The minimum absolute atomic E-state index is 0. The first-order chi connectivity index (χ1) is 10.8. The monoisotopic (exact) mass is 432 g/mol. The number of hydrogen-bond acceptors (Lipinski definition) is 3. The third-order valence-electron chi connectivity index (χ3n) is 3.71. The number of nitrogens with zero attached hydrogens (tertiary/aromatic N) is 2. The number of hydrogen-bond donors (Lipinski definition) is 2. The van der Waals surface area contributed by atoms with E-state index in [-0.39, 0.29) is 24.0 Å². The minimum atomic E-state index is 0. The number of halogens is 1. The summed E-state index contributed by atoms with van der Waals surface area (Å²) in [6.45, 7) is 11.4. The molecule has 2 N–H and O–H groups in total. The van der Waals surface area contributed by atoms with Gasteiger partial charge in [0, 0.05) is 32.7 Å². The lowest BCUT2D eigenvalue weighted by Gasteiger charge is -2.26. The van der Waals surface area contributed by atoms with Crippen molar-refractivity contribution < 1.29 is 4.74 Å². The van der Waals surface area contributed by atoms with Crippen LogP contribution in [0.25, 0.3) is 0 Å². The summed E-state index contributed by atoms with van der Waals surface area (Å²) >= 11 is 0. The normalized spacial score (nSPS) is 15.8. The summed E-state index contributed by atoms with van der Waals surface area (Å²) in [5.41, 5.74) is 2.51. The molecule has 23 heavy (non-hydrogen) atoms. The molecule has 1 aromatic rings. The van der Waals surface area contributed by atoms with Crippen molar-refractivity contribution in [3.63, 3.8) is 0 Å². The Labute approximate surface area is 156 Å². The number of ether oxygens (including phenoxy) is 1. The lowest BCUT2D eigenvalue weighted by atomic mass is 10.1. The van der Waals surface area contributed by atoms with Gasteiger partial charge in [-0.3, -0.25) is 4.90 Å². The molecule has 6 heteroatoms. The van der Waals surface area contributed by atoms with Crippen molar-refractivity contribution in [3.8, 4) is 0 Å². The number of rotatable bonds is 6. The Kier molecular flexibility index (Phi) is 10.2. The van der Waals surface area contributed by atoms with Crippen molar-refractivity contribution in [2.24, 2.45) is 4.99 Å². The molecule has 0 aliphatic carbocycles. The van der Waals surface area contributed by atoms with Gasteiger partial charge >= 0.3 is 0 Å². The second-order valence-electron chi connectivity index (χ2n) is 5.56. The van der Waals surface area contributed by atoms with Crippen LogP contribution in [0.4, 0.5) is 0 Å². The zero-order chi connectivity index (χ0) is 15.6. The molecule has 0 bridgehead atoms. The summed E-state index contributed by atoms with van der Waals surface area (Å²) in [5.74, 6) is 0.885. The van der Waals surface area contributed by atoms with E-state index in [4.69, 9.17) is 4.74 Å². The molecule has 0 radical (unpaired) electrons. The SMILES string of the molecule is CCNC(=NCc1ccc(C)cc1)NCCN1CCOCC1.I. The van der Waals surface area contributed by atoms with Gasteiger partial charge in [-0.2, -0.15) is 0 Å². The smallest absolute Gasteiger partial charge is 0.191 e. The van der Waals surface area contributed by atoms with E-state index in [0.717, 1.165) is 51.9 Å². The summed E-state index contributed by atoms with van der Waals surface area (Å²) < 4.78 is 5.36. The summed E-state index contributed by atoms with van der Waals surface area (Å²) in [4.78, 5) is 7.06. The molecule has 1 aromatic carbocycles. The number of guanidine groups is 1. The van der Waals surface area contributed by atoms with Gasteiger partial charge in [0.05, 0.1) is 19.8 Å². The van der Waals surface area contributed by atoms with Gasteiger partial charge < -0.3 is 15.4 Å². The fourth-order valence-electron chi connectivity index (χ4n) is 2.36. The van der Waals surface area contributed by atoms with Crippen molar-refractivity contribution in [3.05, 3.63) is 35.4 Å². The highest BCUT2D eigenvalue weighted by atomic mass is 127. The maximum Gasteiger partial charge on any atom is 0.191 e. The quantitative estimate of drug-likeness (QED) is 0.410. The fourth-order valence-corrected chi connectivity index (χ4v) is 2.36. The van der Waals surface area contributed by atoms with E-state index < -0.39 is 0 Å².